The predicted octanol–water partition coefficient (Wildman–Crippen LogP) is 4.01. The minimum Gasteiger partial charge on any atom is -0.490 e. The first-order valence-electron chi connectivity index (χ1n) is 10.9. The van der Waals surface area contributed by atoms with Crippen LogP contribution in [0.1, 0.15) is 51.8 Å². The van der Waals surface area contributed by atoms with Crippen LogP contribution >= 0.6 is 0 Å². The van der Waals surface area contributed by atoms with Crippen molar-refractivity contribution in [2.24, 2.45) is 13.0 Å². The van der Waals surface area contributed by atoms with E-state index in [4.69, 9.17) is 4.74 Å². The molecule has 1 amide bonds. The summed E-state index contributed by atoms with van der Waals surface area (Å²) in [7, 11) is 1.95. The van der Waals surface area contributed by atoms with E-state index in [1.165, 1.54) is 12.8 Å². The molecule has 1 aliphatic heterocycles. The number of aromatic nitrogens is 4. The van der Waals surface area contributed by atoms with Crippen LogP contribution < -0.4 is 10.1 Å². The molecule has 0 spiro atoms. The van der Waals surface area contributed by atoms with Crippen LogP contribution in [0.2, 0.25) is 0 Å². The molecule has 2 fully saturated rings. The van der Waals surface area contributed by atoms with Gasteiger partial charge in [-0.2, -0.15) is 10.2 Å². The monoisotopic (exact) mass is 409 g/mol. The molecular formula is C23H31N5O2. The summed E-state index contributed by atoms with van der Waals surface area (Å²) in [5, 5.41) is 13.1. The van der Waals surface area contributed by atoms with E-state index in [2.05, 4.69) is 45.4 Å². The third-order valence-corrected chi connectivity index (χ3v) is 6.03. The zero-order valence-electron chi connectivity index (χ0n) is 18.5. The minimum atomic E-state index is -0.0637. The van der Waals surface area contributed by atoms with Crippen molar-refractivity contribution in [1.82, 2.24) is 24.9 Å². The molecule has 7 nitrogen and oxygen atoms in total. The van der Waals surface area contributed by atoms with Crippen molar-refractivity contribution in [2.75, 3.05) is 6.54 Å². The first kappa shape index (κ1) is 20.4. The lowest BCUT2D eigenvalue weighted by Gasteiger charge is -2.20. The Hall–Kier alpha value is -2.83. The third-order valence-electron chi connectivity index (χ3n) is 6.03. The Morgan fingerprint density at radius 3 is 2.67 bits per heavy atom. The predicted molar refractivity (Wildman–Crippen MR) is 117 cm³/mol. The molecular weight excluding hydrogens is 378 g/mol. The van der Waals surface area contributed by atoms with Gasteiger partial charge in [0.25, 0.3) is 0 Å². The second-order valence-corrected chi connectivity index (χ2v) is 8.11. The Morgan fingerprint density at radius 1 is 1.23 bits per heavy atom. The van der Waals surface area contributed by atoms with Crippen LogP contribution in [0.3, 0.4) is 0 Å². The summed E-state index contributed by atoms with van der Waals surface area (Å²) in [4.78, 5) is 11.6. The van der Waals surface area contributed by atoms with Crippen LogP contribution in [0.5, 0.6) is 5.75 Å². The normalized spacial score (nSPS) is 19.4. The van der Waals surface area contributed by atoms with Crippen molar-refractivity contribution in [3.8, 4) is 16.9 Å². The number of benzene rings is 1. The molecule has 1 saturated heterocycles. The Bertz CT molecular complexity index is 1060. The van der Waals surface area contributed by atoms with Gasteiger partial charge in [0.1, 0.15) is 11.9 Å². The topological polar surface area (TPSA) is 74.0 Å². The molecule has 3 heterocycles. The number of hydrogen-bond donors (Lipinski definition) is 1. The molecule has 30 heavy (non-hydrogen) atoms. The number of carbonyl (C=O) groups excluding carboxylic acids is 1. The number of hydrogen-bond acceptors (Lipinski definition) is 4. The lowest BCUT2D eigenvalue weighted by Crippen LogP contribution is -2.25. The van der Waals surface area contributed by atoms with Crippen LogP contribution in [0.15, 0.2) is 24.5 Å². The van der Waals surface area contributed by atoms with Crippen LogP contribution in [-0.4, -0.2) is 38.1 Å². The summed E-state index contributed by atoms with van der Waals surface area (Å²) in [6.07, 6.45) is 6.90. The average molecular weight is 410 g/mol. The molecule has 2 atom stereocenters. The fraction of sp³-hybridized carbons (Fsp3) is 0.522. The molecule has 2 aromatic heterocycles. The second kappa shape index (κ2) is 8.13. The quantitative estimate of drug-likeness (QED) is 0.691. The van der Waals surface area contributed by atoms with Gasteiger partial charge in [0, 0.05) is 43.4 Å². The number of nitrogens with zero attached hydrogens (tertiary/aromatic N) is 4. The Balaban J connectivity index is 0.00000106. The maximum absolute atomic E-state index is 11.6. The van der Waals surface area contributed by atoms with Crippen molar-refractivity contribution in [3.05, 3.63) is 30.2 Å². The highest BCUT2D eigenvalue weighted by molar-refractivity contribution is 5.92. The maximum atomic E-state index is 11.6. The van der Waals surface area contributed by atoms with Gasteiger partial charge in [-0.25, -0.2) is 0 Å². The van der Waals surface area contributed by atoms with Crippen molar-refractivity contribution in [2.45, 2.75) is 59.1 Å². The van der Waals surface area contributed by atoms with Gasteiger partial charge >= 0.3 is 0 Å². The van der Waals surface area contributed by atoms with Gasteiger partial charge in [0.15, 0.2) is 0 Å². The summed E-state index contributed by atoms with van der Waals surface area (Å²) >= 11 is 0. The Kier molecular flexibility index (Phi) is 5.54. The minimum absolute atomic E-state index is 0.0637. The van der Waals surface area contributed by atoms with Crippen molar-refractivity contribution in [1.29, 1.82) is 0 Å². The number of ether oxygens (including phenoxy) is 1. The molecule has 160 valence electrons. The number of amides is 1. The van der Waals surface area contributed by atoms with Crippen molar-refractivity contribution in [3.63, 3.8) is 0 Å². The number of carbonyl (C=O) groups is 1. The fourth-order valence-corrected chi connectivity index (χ4v) is 3.98. The molecule has 5 rings (SSSR count). The molecule has 3 aromatic rings. The number of aryl methyl sites for hydroxylation is 2. The molecule has 7 heteroatoms. The molecule has 0 bridgehead atoms. The van der Waals surface area contributed by atoms with E-state index in [1.807, 2.05) is 38.7 Å². The number of nitrogens with one attached hydrogen (secondary N) is 1. The van der Waals surface area contributed by atoms with E-state index in [9.17, 15) is 4.79 Å². The van der Waals surface area contributed by atoms with Gasteiger partial charge in [-0.3, -0.25) is 14.2 Å². The summed E-state index contributed by atoms with van der Waals surface area (Å²) in [6, 6.07) is 4.75. The van der Waals surface area contributed by atoms with Gasteiger partial charge in [-0.15, -0.1) is 0 Å². The standard InChI is InChI=1S/C21H25N5O2.C2H6/c1-12-21-18(24-25(12)3)6-14(16-10-23-26(11-16)17-4-5-17)7-19(21)28-13(2)15-8-20(27)22-9-15;1-2/h6-7,10-11,13,15,17H,4-5,8-9H2,1-3H3,(H,22,27);1-2H3. The van der Waals surface area contributed by atoms with Gasteiger partial charge in [0.05, 0.1) is 23.1 Å². The zero-order valence-corrected chi connectivity index (χ0v) is 18.5. The summed E-state index contributed by atoms with van der Waals surface area (Å²) in [6.45, 7) is 8.77. The lowest BCUT2D eigenvalue weighted by atomic mass is 10.0. The highest BCUT2D eigenvalue weighted by Gasteiger charge is 2.29. The van der Waals surface area contributed by atoms with Crippen LogP contribution in [-0.2, 0) is 11.8 Å². The van der Waals surface area contributed by atoms with E-state index in [1.54, 1.807) is 0 Å². The lowest BCUT2D eigenvalue weighted by molar-refractivity contribution is -0.119. The van der Waals surface area contributed by atoms with Crippen LogP contribution in [0.25, 0.3) is 22.0 Å². The molecule has 2 aliphatic rings. The highest BCUT2D eigenvalue weighted by Crippen LogP contribution is 2.38. The van der Waals surface area contributed by atoms with Gasteiger partial charge in [-0.05, 0) is 44.4 Å². The molecule has 1 N–H and O–H groups in total. The molecule has 1 aliphatic carbocycles. The zero-order chi connectivity index (χ0) is 21.4. The van der Waals surface area contributed by atoms with E-state index in [-0.39, 0.29) is 17.9 Å². The summed E-state index contributed by atoms with van der Waals surface area (Å²) in [5.41, 5.74) is 4.12. The molecule has 2 unspecified atom stereocenters. The summed E-state index contributed by atoms with van der Waals surface area (Å²) < 4.78 is 10.4. The van der Waals surface area contributed by atoms with Crippen LogP contribution in [0, 0.1) is 12.8 Å². The number of rotatable bonds is 5. The first-order chi connectivity index (χ1) is 14.5. The average Bonchev–Trinajstić information content (AvgIpc) is 3.17. The summed E-state index contributed by atoms with van der Waals surface area (Å²) in [5.74, 6) is 1.11. The van der Waals surface area contributed by atoms with Gasteiger partial charge in [0.2, 0.25) is 5.91 Å². The molecule has 0 radical (unpaired) electrons. The van der Waals surface area contributed by atoms with Crippen molar-refractivity contribution >= 4 is 16.8 Å². The third kappa shape index (κ3) is 3.80. The highest BCUT2D eigenvalue weighted by atomic mass is 16.5. The molecule has 1 aromatic carbocycles. The van der Waals surface area contributed by atoms with E-state index >= 15 is 0 Å². The van der Waals surface area contributed by atoms with E-state index in [0.29, 0.717) is 19.0 Å². The molecule has 1 saturated carbocycles. The Labute approximate surface area is 177 Å². The SMILES string of the molecule is CC.Cc1c2c(OC(C)C3CNC(=O)C3)cc(-c3cnn(C4CC4)c3)cc2nn1C. The van der Waals surface area contributed by atoms with Crippen LogP contribution in [0.4, 0.5) is 0 Å². The first-order valence-corrected chi connectivity index (χ1v) is 10.9. The fourth-order valence-electron chi connectivity index (χ4n) is 3.98. The second-order valence-electron chi connectivity index (χ2n) is 8.11. The number of fused-ring (bicyclic) bond motifs is 1. The Morgan fingerprint density at radius 2 is 2.00 bits per heavy atom. The van der Waals surface area contributed by atoms with E-state index < -0.39 is 0 Å². The maximum Gasteiger partial charge on any atom is 0.220 e. The largest absolute Gasteiger partial charge is 0.490 e. The smallest absolute Gasteiger partial charge is 0.220 e. The van der Waals surface area contributed by atoms with Crippen molar-refractivity contribution < 1.29 is 9.53 Å². The van der Waals surface area contributed by atoms with Gasteiger partial charge in [-0.1, -0.05) is 13.8 Å². The van der Waals surface area contributed by atoms with E-state index in [0.717, 1.165) is 33.5 Å². The van der Waals surface area contributed by atoms with Gasteiger partial charge < -0.3 is 10.1 Å².